The molecule has 0 spiro atoms. The Bertz CT molecular complexity index is 748. The van der Waals surface area contributed by atoms with Crippen LogP contribution in [0, 0.1) is 5.92 Å². The van der Waals surface area contributed by atoms with E-state index in [0.29, 0.717) is 37.9 Å². The molecule has 0 bridgehead atoms. The number of hydrogen-bond acceptors (Lipinski definition) is 5. The maximum atomic E-state index is 13.4. The van der Waals surface area contributed by atoms with Gasteiger partial charge in [-0.05, 0) is 37.3 Å². The number of unbranched alkanes of at least 4 members (excludes halogenated alkanes) is 1. The summed E-state index contributed by atoms with van der Waals surface area (Å²) in [5.41, 5.74) is 5.97. The maximum absolute atomic E-state index is 13.4. The summed E-state index contributed by atoms with van der Waals surface area (Å²) in [5.74, 6) is -1.71. The van der Waals surface area contributed by atoms with Gasteiger partial charge in [-0.25, -0.2) is 4.79 Å². The summed E-state index contributed by atoms with van der Waals surface area (Å²) >= 11 is 0. The molecule has 10 heteroatoms. The highest BCUT2D eigenvalue weighted by atomic mass is 16.4. The molecule has 0 fully saturated rings. The number of urea groups is 1. The molecule has 0 unspecified atom stereocenters. The van der Waals surface area contributed by atoms with Crippen molar-refractivity contribution in [1.82, 2.24) is 15.1 Å². The zero-order valence-corrected chi connectivity index (χ0v) is 20.2. The molecule has 9 nitrogen and oxygen atoms in total. The third kappa shape index (κ3) is 9.43. The largest absolute Gasteiger partial charge is 0.475 e. The molecule has 1 aromatic carbocycles. The van der Waals surface area contributed by atoms with E-state index in [9.17, 15) is 24.4 Å². The fraction of sp³-hybridized carbons (Fsp3) is 0.609. The summed E-state index contributed by atoms with van der Waals surface area (Å²) in [6.45, 7) is 8.22. The molecule has 0 radical (unpaired) electrons. The molecule has 0 saturated carbocycles. The Morgan fingerprint density at radius 3 is 2.18 bits per heavy atom. The SMILES string of the molecule is CCCCN(C(=O)c1ccccc1)[C@@H](CN(CCC)C(N)=O)C(=O)N[C@@H](CC(C)C)B(O)O. The van der Waals surface area contributed by atoms with Crippen LogP contribution in [0.5, 0.6) is 0 Å². The van der Waals surface area contributed by atoms with Gasteiger partial charge < -0.3 is 30.9 Å². The Labute approximate surface area is 197 Å². The van der Waals surface area contributed by atoms with Gasteiger partial charge in [0, 0.05) is 18.7 Å². The minimum atomic E-state index is -1.76. The van der Waals surface area contributed by atoms with Crippen molar-refractivity contribution in [3.8, 4) is 0 Å². The predicted molar refractivity (Wildman–Crippen MR) is 129 cm³/mol. The topological polar surface area (TPSA) is 136 Å². The van der Waals surface area contributed by atoms with Gasteiger partial charge in [-0.15, -0.1) is 0 Å². The maximum Gasteiger partial charge on any atom is 0.475 e. The van der Waals surface area contributed by atoms with Crippen molar-refractivity contribution < 1.29 is 24.4 Å². The highest BCUT2D eigenvalue weighted by Crippen LogP contribution is 2.14. The van der Waals surface area contributed by atoms with Gasteiger partial charge in [-0.3, -0.25) is 9.59 Å². The van der Waals surface area contributed by atoms with E-state index in [2.05, 4.69) is 5.32 Å². The number of nitrogens with one attached hydrogen (secondary N) is 1. The third-order valence-corrected chi connectivity index (χ3v) is 5.32. The lowest BCUT2D eigenvalue weighted by Crippen LogP contribution is -2.59. The molecule has 1 rings (SSSR count). The molecule has 2 atom stereocenters. The van der Waals surface area contributed by atoms with Crippen molar-refractivity contribution in [2.45, 2.75) is 65.4 Å². The average molecular weight is 462 g/mol. The molecule has 184 valence electrons. The van der Waals surface area contributed by atoms with E-state index < -0.39 is 31.0 Å². The summed E-state index contributed by atoms with van der Waals surface area (Å²) in [6.07, 6.45) is 2.42. The molecule has 0 aliphatic carbocycles. The predicted octanol–water partition coefficient (Wildman–Crippen LogP) is 1.63. The van der Waals surface area contributed by atoms with Gasteiger partial charge in [0.2, 0.25) is 5.91 Å². The Morgan fingerprint density at radius 2 is 1.70 bits per heavy atom. The van der Waals surface area contributed by atoms with Gasteiger partial charge >= 0.3 is 13.1 Å². The lowest BCUT2D eigenvalue weighted by molar-refractivity contribution is -0.126. The van der Waals surface area contributed by atoms with E-state index in [-0.39, 0.29) is 18.4 Å². The smallest absolute Gasteiger partial charge is 0.426 e. The molecule has 33 heavy (non-hydrogen) atoms. The Kier molecular flexibility index (Phi) is 12.5. The van der Waals surface area contributed by atoms with Gasteiger partial charge in [0.1, 0.15) is 6.04 Å². The summed E-state index contributed by atoms with van der Waals surface area (Å²) in [4.78, 5) is 41.7. The van der Waals surface area contributed by atoms with Crippen molar-refractivity contribution in [1.29, 1.82) is 0 Å². The van der Waals surface area contributed by atoms with E-state index in [1.807, 2.05) is 27.7 Å². The Hall–Kier alpha value is -2.59. The van der Waals surface area contributed by atoms with Crippen LogP contribution in [-0.4, -0.2) is 76.4 Å². The number of nitrogens with zero attached hydrogens (tertiary/aromatic N) is 2. The standard InChI is InChI=1S/C23H39BN4O5/c1-5-7-14-28(22(30)18-11-9-8-10-12-18)19(16-27(13-6-2)23(25)31)21(29)26-20(24(32)33)15-17(3)4/h8-12,17,19-20,32-33H,5-7,13-16H2,1-4H3,(H2,25,31)(H,26,29)/t19-,20-/m0/s1. The number of carbonyl (C=O) groups excluding carboxylic acids is 3. The molecular formula is C23H39BN4O5. The Balaban J connectivity index is 3.36. The van der Waals surface area contributed by atoms with Gasteiger partial charge in [-0.2, -0.15) is 0 Å². The van der Waals surface area contributed by atoms with Crippen LogP contribution >= 0.6 is 0 Å². The number of nitrogens with two attached hydrogens (primary N) is 1. The van der Waals surface area contributed by atoms with E-state index in [0.717, 1.165) is 6.42 Å². The minimum absolute atomic E-state index is 0.0901. The number of rotatable bonds is 14. The van der Waals surface area contributed by atoms with Crippen LogP contribution in [0.1, 0.15) is 63.7 Å². The van der Waals surface area contributed by atoms with E-state index in [4.69, 9.17) is 5.73 Å². The van der Waals surface area contributed by atoms with Crippen molar-refractivity contribution in [3.05, 3.63) is 35.9 Å². The van der Waals surface area contributed by atoms with Crippen molar-refractivity contribution >= 4 is 25.0 Å². The number of hydrogen-bond donors (Lipinski definition) is 4. The van der Waals surface area contributed by atoms with Gasteiger partial charge in [0.15, 0.2) is 0 Å². The van der Waals surface area contributed by atoms with Crippen molar-refractivity contribution in [2.24, 2.45) is 11.7 Å². The van der Waals surface area contributed by atoms with Gasteiger partial charge in [-0.1, -0.05) is 52.3 Å². The first kappa shape index (κ1) is 28.4. The summed E-state index contributed by atoms with van der Waals surface area (Å²) in [5, 5.41) is 22.3. The molecule has 4 amide bonds. The molecule has 0 heterocycles. The van der Waals surface area contributed by atoms with E-state index in [1.165, 1.54) is 9.80 Å². The lowest BCUT2D eigenvalue weighted by atomic mass is 9.75. The molecule has 0 aromatic heterocycles. The van der Waals surface area contributed by atoms with Gasteiger partial charge in [0.25, 0.3) is 5.91 Å². The molecular weight excluding hydrogens is 423 g/mol. The first-order valence-electron chi connectivity index (χ1n) is 11.7. The fourth-order valence-corrected chi connectivity index (χ4v) is 3.61. The van der Waals surface area contributed by atoms with E-state index >= 15 is 0 Å². The second-order valence-corrected chi connectivity index (χ2v) is 8.68. The van der Waals surface area contributed by atoms with Crippen molar-refractivity contribution in [2.75, 3.05) is 19.6 Å². The fourth-order valence-electron chi connectivity index (χ4n) is 3.61. The van der Waals surface area contributed by atoms with Crippen LogP contribution < -0.4 is 11.1 Å². The van der Waals surface area contributed by atoms with Crippen LogP contribution in [0.25, 0.3) is 0 Å². The van der Waals surface area contributed by atoms with Gasteiger partial charge in [0.05, 0.1) is 12.5 Å². The highest BCUT2D eigenvalue weighted by molar-refractivity contribution is 6.43. The second-order valence-electron chi connectivity index (χ2n) is 8.68. The number of benzene rings is 1. The van der Waals surface area contributed by atoms with Crippen LogP contribution in [-0.2, 0) is 4.79 Å². The number of primary amides is 1. The summed E-state index contributed by atoms with van der Waals surface area (Å²) in [6, 6.07) is 6.91. The first-order chi connectivity index (χ1) is 15.6. The van der Waals surface area contributed by atoms with Crippen LogP contribution in [0.3, 0.4) is 0 Å². The average Bonchev–Trinajstić information content (AvgIpc) is 2.77. The number of amides is 4. The second kappa shape index (κ2) is 14.5. The minimum Gasteiger partial charge on any atom is -0.426 e. The summed E-state index contributed by atoms with van der Waals surface area (Å²) in [7, 11) is -1.76. The molecule has 5 N–H and O–H groups in total. The summed E-state index contributed by atoms with van der Waals surface area (Å²) < 4.78 is 0. The highest BCUT2D eigenvalue weighted by Gasteiger charge is 2.35. The Morgan fingerprint density at radius 1 is 1.06 bits per heavy atom. The van der Waals surface area contributed by atoms with Crippen molar-refractivity contribution in [3.63, 3.8) is 0 Å². The molecule has 0 aliphatic rings. The molecule has 0 saturated heterocycles. The quantitative estimate of drug-likeness (QED) is 0.312. The van der Waals surface area contributed by atoms with Crippen LogP contribution in [0.4, 0.5) is 4.79 Å². The zero-order chi connectivity index (χ0) is 25.0. The lowest BCUT2D eigenvalue weighted by Gasteiger charge is -2.35. The van der Waals surface area contributed by atoms with E-state index in [1.54, 1.807) is 30.3 Å². The molecule has 0 aliphatic heterocycles. The first-order valence-corrected chi connectivity index (χ1v) is 11.7. The monoisotopic (exact) mass is 462 g/mol. The van der Waals surface area contributed by atoms with Crippen LogP contribution in [0.2, 0.25) is 0 Å². The van der Waals surface area contributed by atoms with Crippen LogP contribution in [0.15, 0.2) is 30.3 Å². The number of carbonyl (C=O) groups is 3. The third-order valence-electron chi connectivity index (χ3n) is 5.32. The zero-order valence-electron chi connectivity index (χ0n) is 20.2. The normalized spacial score (nSPS) is 12.7. The molecule has 1 aromatic rings.